The highest BCUT2D eigenvalue weighted by Gasteiger charge is 2.32. The maximum atomic E-state index is 13.7. The van der Waals surface area contributed by atoms with E-state index in [1.807, 2.05) is 57.2 Å². The van der Waals surface area contributed by atoms with Gasteiger partial charge in [-0.2, -0.15) is 0 Å². The molecule has 3 amide bonds. The number of benzene rings is 3. The lowest BCUT2D eigenvalue weighted by molar-refractivity contribution is -0.144. The van der Waals surface area contributed by atoms with Crippen LogP contribution in [-0.4, -0.2) is 38.2 Å². The van der Waals surface area contributed by atoms with Crippen LogP contribution in [0.2, 0.25) is 0 Å². The minimum atomic E-state index is -0.763. The highest BCUT2D eigenvalue weighted by molar-refractivity contribution is 6.08. The Kier molecular flexibility index (Phi) is 9.65. The third-order valence-electron chi connectivity index (χ3n) is 7.71. The van der Waals surface area contributed by atoms with E-state index in [1.165, 1.54) is 7.11 Å². The molecule has 8 heteroatoms. The number of amides is 3. The molecule has 1 saturated carbocycles. The Bertz CT molecular complexity index is 1410. The summed E-state index contributed by atoms with van der Waals surface area (Å²) in [6, 6.07) is 15.5. The summed E-state index contributed by atoms with van der Waals surface area (Å²) in [4.78, 5) is 39.7. The summed E-state index contributed by atoms with van der Waals surface area (Å²) in [6.07, 6.45) is 4.82. The van der Waals surface area contributed by atoms with Crippen LogP contribution in [0.1, 0.15) is 59.2 Å². The predicted octanol–water partition coefficient (Wildman–Crippen LogP) is 6.78. The number of carbonyl (C=O) groups excluding carboxylic acids is 3. The zero-order valence-corrected chi connectivity index (χ0v) is 24.4. The number of esters is 1. The quantitative estimate of drug-likeness (QED) is 0.265. The molecule has 1 aliphatic carbocycles. The lowest BCUT2D eigenvalue weighted by atomic mass is 9.83. The van der Waals surface area contributed by atoms with Crippen molar-refractivity contribution in [2.45, 2.75) is 58.9 Å². The number of nitrogens with one attached hydrogen (secondary N) is 3. The van der Waals surface area contributed by atoms with Crippen molar-refractivity contribution < 1.29 is 23.9 Å². The first kappa shape index (κ1) is 29.6. The highest BCUT2D eigenvalue weighted by Crippen LogP contribution is 2.33. The maximum Gasteiger partial charge on any atom is 0.328 e. The van der Waals surface area contributed by atoms with Gasteiger partial charge in [-0.15, -0.1) is 0 Å². The number of carbonyl (C=O) groups is 3. The lowest BCUT2D eigenvalue weighted by Gasteiger charge is -2.29. The normalized spacial score (nSPS) is 14.1. The van der Waals surface area contributed by atoms with Crippen LogP contribution in [0.5, 0.6) is 5.75 Å². The van der Waals surface area contributed by atoms with Crippen molar-refractivity contribution in [3.05, 3.63) is 76.9 Å². The fourth-order valence-electron chi connectivity index (χ4n) is 5.72. The molecule has 216 valence electrons. The Morgan fingerprint density at radius 2 is 1.54 bits per heavy atom. The van der Waals surface area contributed by atoms with E-state index in [0.717, 1.165) is 59.9 Å². The van der Waals surface area contributed by atoms with Gasteiger partial charge in [-0.1, -0.05) is 61.2 Å². The van der Waals surface area contributed by atoms with Crippen molar-refractivity contribution in [2.24, 2.45) is 5.92 Å². The van der Waals surface area contributed by atoms with Crippen molar-refractivity contribution in [2.75, 3.05) is 24.9 Å². The molecule has 4 rings (SSSR count). The van der Waals surface area contributed by atoms with Gasteiger partial charge in [-0.05, 0) is 74.4 Å². The van der Waals surface area contributed by atoms with Crippen LogP contribution in [0.25, 0.3) is 11.1 Å². The van der Waals surface area contributed by atoms with Crippen molar-refractivity contribution in [1.29, 1.82) is 0 Å². The minimum Gasteiger partial charge on any atom is -0.496 e. The summed E-state index contributed by atoms with van der Waals surface area (Å²) in [5, 5.41) is 8.74. The first-order valence-corrected chi connectivity index (χ1v) is 14.0. The van der Waals surface area contributed by atoms with Gasteiger partial charge in [0.05, 0.1) is 25.5 Å². The van der Waals surface area contributed by atoms with E-state index in [4.69, 9.17) is 9.47 Å². The molecule has 0 spiro atoms. The van der Waals surface area contributed by atoms with E-state index in [2.05, 4.69) is 16.0 Å². The van der Waals surface area contributed by atoms with Gasteiger partial charge in [-0.3, -0.25) is 4.79 Å². The van der Waals surface area contributed by atoms with Gasteiger partial charge in [-0.25, -0.2) is 9.59 Å². The van der Waals surface area contributed by atoms with Crippen LogP contribution in [0.15, 0.2) is 54.6 Å². The van der Waals surface area contributed by atoms with E-state index in [9.17, 15) is 14.4 Å². The van der Waals surface area contributed by atoms with Gasteiger partial charge in [0.25, 0.3) is 5.91 Å². The zero-order valence-electron chi connectivity index (χ0n) is 24.4. The monoisotopic (exact) mass is 557 g/mol. The molecule has 0 aromatic heterocycles. The van der Waals surface area contributed by atoms with Crippen LogP contribution >= 0.6 is 0 Å². The predicted molar refractivity (Wildman–Crippen MR) is 162 cm³/mol. The van der Waals surface area contributed by atoms with Gasteiger partial charge in [0.1, 0.15) is 11.8 Å². The smallest absolute Gasteiger partial charge is 0.328 e. The third kappa shape index (κ3) is 7.06. The number of para-hydroxylation sites is 1. The summed E-state index contributed by atoms with van der Waals surface area (Å²) in [7, 11) is 2.93. The van der Waals surface area contributed by atoms with Crippen LogP contribution < -0.4 is 20.7 Å². The second kappa shape index (κ2) is 13.4. The molecule has 3 N–H and O–H groups in total. The highest BCUT2D eigenvalue weighted by atomic mass is 16.5. The molecule has 0 unspecified atom stereocenters. The molecule has 0 radical (unpaired) electrons. The third-order valence-corrected chi connectivity index (χ3v) is 7.71. The second-order valence-electron chi connectivity index (χ2n) is 10.7. The van der Waals surface area contributed by atoms with Crippen LogP contribution in [0, 0.1) is 26.7 Å². The van der Waals surface area contributed by atoms with E-state index in [-0.39, 0.29) is 11.5 Å². The second-order valence-corrected chi connectivity index (χ2v) is 10.7. The Balaban J connectivity index is 1.68. The number of ether oxygens (including phenoxy) is 2. The summed E-state index contributed by atoms with van der Waals surface area (Å²) in [5.74, 6) is -0.265. The Morgan fingerprint density at radius 1 is 0.854 bits per heavy atom. The Labute approximate surface area is 241 Å². The number of hydrogen-bond acceptors (Lipinski definition) is 5. The summed E-state index contributed by atoms with van der Waals surface area (Å²) < 4.78 is 10.6. The average molecular weight is 558 g/mol. The molecule has 0 saturated heterocycles. The van der Waals surface area contributed by atoms with Crippen LogP contribution in [0.3, 0.4) is 0 Å². The Morgan fingerprint density at radius 3 is 2.20 bits per heavy atom. The van der Waals surface area contributed by atoms with E-state index >= 15 is 0 Å². The van der Waals surface area contributed by atoms with Crippen molar-refractivity contribution in [1.82, 2.24) is 5.32 Å². The van der Waals surface area contributed by atoms with Crippen LogP contribution in [0.4, 0.5) is 16.2 Å². The largest absolute Gasteiger partial charge is 0.496 e. The number of urea groups is 1. The summed E-state index contributed by atoms with van der Waals surface area (Å²) in [5.41, 5.74) is 5.80. The number of anilines is 2. The molecule has 8 nitrogen and oxygen atoms in total. The van der Waals surface area contributed by atoms with Crippen LogP contribution in [-0.2, 0) is 9.53 Å². The Hall–Kier alpha value is -4.33. The number of rotatable bonds is 8. The van der Waals surface area contributed by atoms with Crippen molar-refractivity contribution >= 4 is 29.3 Å². The number of methoxy groups -OCH3 is 2. The van der Waals surface area contributed by atoms with E-state index < -0.39 is 23.9 Å². The first-order chi connectivity index (χ1) is 19.7. The molecule has 41 heavy (non-hydrogen) atoms. The molecule has 1 aliphatic rings. The fraction of sp³-hybridized carbons (Fsp3) is 0.364. The minimum absolute atomic E-state index is 0.000184. The summed E-state index contributed by atoms with van der Waals surface area (Å²) >= 11 is 0. The topological polar surface area (TPSA) is 106 Å². The number of aryl methyl sites for hydroxylation is 3. The molecular weight excluding hydrogens is 518 g/mol. The molecule has 1 atom stereocenters. The standard InChI is InChI=1S/C33H39N3O5/c1-20-17-21(2)29(22(3)18-20)36-33(39)34-27-19-24(25-13-9-10-14-28(25)40-4)15-16-26(27)31(37)35-30(32(38)41-5)23-11-7-6-8-12-23/h9-10,13-19,23,30H,6-8,11-12H2,1-5H3,(H,35,37)(H2,34,36,39)/t30-/m0/s1. The molecular formula is C33H39N3O5. The maximum absolute atomic E-state index is 13.7. The first-order valence-electron chi connectivity index (χ1n) is 14.0. The van der Waals surface area contributed by atoms with Gasteiger partial charge in [0, 0.05) is 11.3 Å². The van der Waals surface area contributed by atoms with Gasteiger partial charge in [0.2, 0.25) is 0 Å². The molecule has 0 bridgehead atoms. The van der Waals surface area contributed by atoms with Gasteiger partial charge < -0.3 is 25.4 Å². The van der Waals surface area contributed by atoms with E-state index in [0.29, 0.717) is 17.1 Å². The molecule has 3 aromatic carbocycles. The van der Waals surface area contributed by atoms with Crippen molar-refractivity contribution in [3.8, 4) is 16.9 Å². The molecule has 3 aromatic rings. The molecule has 0 aliphatic heterocycles. The van der Waals surface area contributed by atoms with Gasteiger partial charge in [0.15, 0.2) is 0 Å². The summed E-state index contributed by atoms with van der Waals surface area (Å²) in [6.45, 7) is 5.89. The molecule has 0 heterocycles. The van der Waals surface area contributed by atoms with E-state index in [1.54, 1.807) is 25.3 Å². The SMILES string of the molecule is COC(=O)[C@@H](NC(=O)c1ccc(-c2ccccc2OC)cc1NC(=O)Nc1c(C)cc(C)cc1C)C1CCCCC1. The average Bonchev–Trinajstić information content (AvgIpc) is 2.97. The molecule has 1 fully saturated rings. The fourth-order valence-corrected chi connectivity index (χ4v) is 5.72. The van der Waals surface area contributed by atoms with Crippen molar-refractivity contribution in [3.63, 3.8) is 0 Å². The number of hydrogen-bond donors (Lipinski definition) is 3. The lowest BCUT2D eigenvalue weighted by Crippen LogP contribution is -2.47. The zero-order chi connectivity index (χ0) is 29.5. The van der Waals surface area contributed by atoms with Gasteiger partial charge >= 0.3 is 12.0 Å².